The number of piperidine rings is 1. The van der Waals surface area contributed by atoms with Gasteiger partial charge in [0.1, 0.15) is 0 Å². The van der Waals surface area contributed by atoms with Gasteiger partial charge in [-0.25, -0.2) is 4.79 Å². The third-order valence-electron chi connectivity index (χ3n) is 6.58. The summed E-state index contributed by atoms with van der Waals surface area (Å²) in [5.41, 5.74) is 3.41. The van der Waals surface area contributed by atoms with Crippen molar-refractivity contribution in [1.29, 1.82) is 0 Å². The summed E-state index contributed by atoms with van der Waals surface area (Å²) >= 11 is 3.45. The van der Waals surface area contributed by atoms with Gasteiger partial charge >= 0.3 is 6.03 Å². The Balaban J connectivity index is 1.26. The highest BCUT2D eigenvalue weighted by Crippen LogP contribution is 2.22. The van der Waals surface area contributed by atoms with Crippen molar-refractivity contribution in [3.8, 4) is 0 Å². The molecule has 0 aromatic heterocycles. The van der Waals surface area contributed by atoms with Crippen molar-refractivity contribution in [2.45, 2.75) is 32.2 Å². The predicted octanol–water partition coefficient (Wildman–Crippen LogP) is 6.83. The van der Waals surface area contributed by atoms with Gasteiger partial charge in [-0.05, 0) is 86.6 Å². The maximum Gasteiger partial charge on any atom is 0.322 e. The smallest absolute Gasteiger partial charge is 0.320 e. The Kier molecular flexibility index (Phi) is 9.17. The van der Waals surface area contributed by atoms with Gasteiger partial charge in [0.05, 0.1) is 0 Å². The summed E-state index contributed by atoms with van der Waals surface area (Å²) in [6.45, 7) is 4.70. The lowest BCUT2D eigenvalue weighted by molar-refractivity contribution is 0.170. The van der Waals surface area contributed by atoms with Crippen LogP contribution in [-0.2, 0) is 13.0 Å². The van der Waals surface area contributed by atoms with Crippen LogP contribution in [0.15, 0.2) is 89.4 Å². The molecule has 1 heterocycles. The van der Waals surface area contributed by atoms with Crippen LogP contribution < -0.4 is 5.32 Å². The average Bonchev–Trinajstić information content (AvgIpc) is 2.87. The number of amides is 2. The molecule has 1 aliphatic rings. The first-order valence-electron chi connectivity index (χ1n) is 12.3. The number of urea groups is 1. The molecule has 4 rings (SSSR count). The fourth-order valence-electron chi connectivity index (χ4n) is 4.64. The number of likely N-dealkylation sites (tertiary alicyclic amines) is 1. The van der Waals surface area contributed by atoms with E-state index in [4.69, 9.17) is 0 Å². The van der Waals surface area contributed by atoms with E-state index in [1.807, 2.05) is 47.4 Å². The molecular weight excluding hydrogens is 486 g/mol. The predicted molar refractivity (Wildman–Crippen MR) is 144 cm³/mol. The number of nitrogens with zero attached hydrogens (tertiary/aromatic N) is 2. The number of hydrogen-bond donors (Lipinski definition) is 1. The van der Waals surface area contributed by atoms with Gasteiger partial charge < -0.3 is 15.1 Å². The van der Waals surface area contributed by atoms with Crippen molar-refractivity contribution < 1.29 is 4.79 Å². The third kappa shape index (κ3) is 7.71. The maximum atomic E-state index is 13.1. The highest BCUT2D eigenvalue weighted by Gasteiger charge is 2.20. The number of rotatable bonds is 9. The van der Waals surface area contributed by atoms with Gasteiger partial charge in [0.2, 0.25) is 0 Å². The van der Waals surface area contributed by atoms with Gasteiger partial charge in [-0.15, -0.1) is 0 Å². The number of hydrogen-bond acceptors (Lipinski definition) is 2. The van der Waals surface area contributed by atoms with Crippen LogP contribution in [0.2, 0.25) is 0 Å². The van der Waals surface area contributed by atoms with Crippen LogP contribution in [0.4, 0.5) is 10.5 Å². The van der Waals surface area contributed by atoms with E-state index in [0.717, 1.165) is 54.2 Å². The Labute approximate surface area is 212 Å². The molecule has 0 atom stereocenters. The summed E-state index contributed by atoms with van der Waals surface area (Å²) in [6.07, 6.45) is 4.68. The van der Waals surface area contributed by atoms with E-state index in [9.17, 15) is 4.79 Å². The van der Waals surface area contributed by atoms with Crippen LogP contribution in [-0.4, -0.2) is 42.0 Å². The minimum atomic E-state index is -0.0484. The van der Waals surface area contributed by atoms with Crippen LogP contribution in [0.25, 0.3) is 0 Å². The second kappa shape index (κ2) is 12.7. The largest absolute Gasteiger partial charge is 0.322 e. The van der Waals surface area contributed by atoms with Crippen molar-refractivity contribution in [2.24, 2.45) is 5.92 Å². The van der Waals surface area contributed by atoms with Crippen LogP contribution in [0, 0.1) is 5.92 Å². The number of carbonyl (C=O) groups excluding carboxylic acids is 1. The van der Waals surface area contributed by atoms with E-state index in [-0.39, 0.29) is 6.03 Å². The zero-order valence-electron chi connectivity index (χ0n) is 19.7. The van der Waals surface area contributed by atoms with Crippen molar-refractivity contribution in [1.82, 2.24) is 9.80 Å². The van der Waals surface area contributed by atoms with Crippen molar-refractivity contribution in [3.05, 3.63) is 101 Å². The van der Waals surface area contributed by atoms with E-state index in [0.29, 0.717) is 6.54 Å². The molecule has 34 heavy (non-hydrogen) atoms. The molecule has 5 heteroatoms. The number of benzene rings is 3. The molecule has 0 radical (unpaired) electrons. The Bertz CT molecular complexity index is 1000. The van der Waals surface area contributed by atoms with Gasteiger partial charge in [0, 0.05) is 23.2 Å². The molecule has 2 amide bonds. The monoisotopic (exact) mass is 519 g/mol. The van der Waals surface area contributed by atoms with Crippen molar-refractivity contribution >= 4 is 27.6 Å². The van der Waals surface area contributed by atoms with Gasteiger partial charge in [-0.1, -0.05) is 76.6 Å². The maximum absolute atomic E-state index is 13.1. The second-order valence-corrected chi connectivity index (χ2v) is 10.1. The topological polar surface area (TPSA) is 35.6 Å². The lowest BCUT2D eigenvalue weighted by Crippen LogP contribution is -2.39. The van der Waals surface area contributed by atoms with E-state index in [2.05, 4.69) is 68.6 Å². The number of anilines is 1. The molecule has 1 N–H and O–H groups in total. The minimum absolute atomic E-state index is 0.0484. The molecule has 0 unspecified atom stereocenters. The number of nitrogens with one attached hydrogen (secondary N) is 1. The van der Waals surface area contributed by atoms with Gasteiger partial charge in [0.25, 0.3) is 0 Å². The fraction of sp³-hybridized carbons (Fsp3) is 0.345. The third-order valence-corrected chi connectivity index (χ3v) is 7.10. The van der Waals surface area contributed by atoms with Gasteiger partial charge in [0.15, 0.2) is 0 Å². The molecule has 0 spiro atoms. The fourth-order valence-corrected chi connectivity index (χ4v) is 4.90. The lowest BCUT2D eigenvalue weighted by Gasteiger charge is -2.32. The molecule has 1 fully saturated rings. The highest BCUT2D eigenvalue weighted by molar-refractivity contribution is 9.10. The first-order valence-corrected chi connectivity index (χ1v) is 13.1. The Morgan fingerprint density at radius 3 is 2.15 bits per heavy atom. The summed E-state index contributed by atoms with van der Waals surface area (Å²) in [5.74, 6) is 0.782. The standard InChI is InChI=1S/C29H34BrN3O/c30-27-12-14-28(15-13-27)31-29(34)33(23-26-10-5-2-6-11-26)19-7-18-32-20-16-25(17-21-32)22-24-8-3-1-4-9-24/h1-6,8-15,25H,7,16-23H2,(H,31,34). The molecule has 1 aliphatic heterocycles. The summed E-state index contributed by atoms with van der Waals surface area (Å²) in [7, 11) is 0. The van der Waals surface area contributed by atoms with Crippen molar-refractivity contribution in [3.63, 3.8) is 0 Å². The van der Waals surface area contributed by atoms with Crippen LogP contribution in [0.3, 0.4) is 0 Å². The molecule has 1 saturated heterocycles. The first-order chi connectivity index (χ1) is 16.7. The zero-order chi connectivity index (χ0) is 23.6. The highest BCUT2D eigenvalue weighted by atomic mass is 79.9. The summed E-state index contributed by atoms with van der Waals surface area (Å²) < 4.78 is 0.999. The van der Waals surface area contributed by atoms with E-state index >= 15 is 0 Å². The average molecular weight is 521 g/mol. The summed E-state index contributed by atoms with van der Waals surface area (Å²) in [4.78, 5) is 17.6. The van der Waals surface area contributed by atoms with Crippen LogP contribution >= 0.6 is 15.9 Å². The summed E-state index contributed by atoms with van der Waals surface area (Å²) in [5, 5.41) is 3.06. The number of carbonyl (C=O) groups is 1. The van der Waals surface area contributed by atoms with Crippen LogP contribution in [0.5, 0.6) is 0 Å². The van der Waals surface area contributed by atoms with Crippen molar-refractivity contribution in [2.75, 3.05) is 31.5 Å². The number of halogens is 1. The zero-order valence-corrected chi connectivity index (χ0v) is 21.3. The molecule has 0 aliphatic carbocycles. The van der Waals surface area contributed by atoms with Gasteiger partial charge in [-0.2, -0.15) is 0 Å². The minimum Gasteiger partial charge on any atom is -0.320 e. The summed E-state index contributed by atoms with van der Waals surface area (Å²) in [6, 6.07) is 28.8. The molecular formula is C29H34BrN3O. The quantitative estimate of drug-likeness (QED) is 0.336. The molecule has 0 saturated carbocycles. The van der Waals surface area contributed by atoms with E-state index < -0.39 is 0 Å². The normalized spacial score (nSPS) is 14.6. The molecule has 178 valence electrons. The van der Waals surface area contributed by atoms with Gasteiger partial charge in [-0.3, -0.25) is 0 Å². The first kappa shape index (κ1) is 24.5. The molecule has 3 aromatic rings. The Hall–Kier alpha value is -2.63. The molecule has 3 aromatic carbocycles. The van der Waals surface area contributed by atoms with Crippen LogP contribution in [0.1, 0.15) is 30.4 Å². The Morgan fingerprint density at radius 1 is 0.882 bits per heavy atom. The van der Waals surface area contributed by atoms with E-state index in [1.165, 1.54) is 24.8 Å². The van der Waals surface area contributed by atoms with E-state index in [1.54, 1.807) is 0 Å². The lowest BCUT2D eigenvalue weighted by atomic mass is 9.90. The SMILES string of the molecule is O=C(Nc1ccc(Br)cc1)N(CCCN1CCC(Cc2ccccc2)CC1)Cc1ccccc1. The Morgan fingerprint density at radius 2 is 1.50 bits per heavy atom. The molecule has 0 bridgehead atoms. The molecule has 4 nitrogen and oxygen atoms in total. The second-order valence-electron chi connectivity index (χ2n) is 9.17.